The lowest BCUT2D eigenvalue weighted by Gasteiger charge is -2.10. The minimum absolute atomic E-state index is 0.0674. The third-order valence-electron chi connectivity index (χ3n) is 4.34. The number of anilines is 2. The maximum Gasteiger partial charge on any atom is 0.271 e. The molecular weight excluding hydrogens is 503 g/mol. The zero-order valence-corrected chi connectivity index (χ0v) is 19.9. The quantitative estimate of drug-likeness (QED) is 0.173. The Labute approximate surface area is 208 Å². The van der Waals surface area contributed by atoms with E-state index in [4.69, 9.17) is 23.2 Å². The summed E-state index contributed by atoms with van der Waals surface area (Å²) in [5.74, 6) is -0.465. The normalized spacial score (nSPS) is 10.5. The fourth-order valence-electron chi connectivity index (χ4n) is 2.81. The van der Waals surface area contributed by atoms with Gasteiger partial charge in [0.25, 0.3) is 5.69 Å². The first-order valence-corrected chi connectivity index (χ1v) is 11.5. The molecule has 2 amide bonds. The Kier molecular flexibility index (Phi) is 8.63. The second-order valence-electron chi connectivity index (χ2n) is 6.76. The van der Waals surface area contributed by atoms with Gasteiger partial charge in [0.05, 0.1) is 38.5 Å². The summed E-state index contributed by atoms with van der Waals surface area (Å²) in [6, 6.07) is 10.6. The number of aromatic nitrogens is 3. The second kappa shape index (κ2) is 11.6. The van der Waals surface area contributed by atoms with Crippen LogP contribution in [0.15, 0.2) is 60.3 Å². The molecule has 0 atom stereocenters. The summed E-state index contributed by atoms with van der Waals surface area (Å²) in [5.41, 5.74) is 0.416. The van der Waals surface area contributed by atoms with E-state index >= 15 is 0 Å². The van der Waals surface area contributed by atoms with Gasteiger partial charge in [0.1, 0.15) is 5.82 Å². The molecule has 0 saturated heterocycles. The highest BCUT2D eigenvalue weighted by Gasteiger charge is 2.18. The van der Waals surface area contributed by atoms with E-state index in [2.05, 4.69) is 27.4 Å². The van der Waals surface area contributed by atoms with E-state index < -0.39 is 10.8 Å². The van der Waals surface area contributed by atoms with Crippen molar-refractivity contribution >= 4 is 63.8 Å². The first-order chi connectivity index (χ1) is 16.3. The van der Waals surface area contributed by atoms with Crippen molar-refractivity contribution in [2.75, 3.05) is 16.4 Å². The van der Waals surface area contributed by atoms with E-state index in [9.17, 15) is 19.7 Å². The predicted molar refractivity (Wildman–Crippen MR) is 131 cm³/mol. The van der Waals surface area contributed by atoms with Gasteiger partial charge < -0.3 is 15.2 Å². The molecule has 3 rings (SSSR count). The van der Waals surface area contributed by atoms with Crippen LogP contribution in [0, 0.1) is 10.1 Å². The summed E-state index contributed by atoms with van der Waals surface area (Å²) >= 11 is 13.2. The largest absolute Gasteiger partial charge is 0.324 e. The van der Waals surface area contributed by atoms with Crippen molar-refractivity contribution in [2.45, 2.75) is 18.1 Å². The number of carbonyl (C=O) groups is 2. The summed E-state index contributed by atoms with van der Waals surface area (Å²) in [6.45, 7) is 4.03. The van der Waals surface area contributed by atoms with Gasteiger partial charge in [-0.15, -0.1) is 16.8 Å². The van der Waals surface area contributed by atoms with E-state index in [0.29, 0.717) is 28.2 Å². The number of carbonyl (C=O) groups excluding carboxylic acids is 2. The Morgan fingerprint density at radius 2 is 1.79 bits per heavy atom. The van der Waals surface area contributed by atoms with Crippen LogP contribution in [-0.2, 0) is 22.6 Å². The molecule has 2 N–H and O–H groups in total. The van der Waals surface area contributed by atoms with Gasteiger partial charge in [0.2, 0.25) is 11.8 Å². The molecule has 10 nitrogen and oxygen atoms in total. The molecule has 1 heterocycles. The van der Waals surface area contributed by atoms with E-state index in [1.807, 2.05) is 0 Å². The van der Waals surface area contributed by atoms with Gasteiger partial charge in [-0.2, -0.15) is 0 Å². The lowest BCUT2D eigenvalue weighted by molar-refractivity contribution is -0.384. The molecule has 0 radical (unpaired) electrons. The first-order valence-electron chi connectivity index (χ1n) is 9.72. The second-order valence-corrected chi connectivity index (χ2v) is 8.52. The lowest BCUT2D eigenvalue weighted by atomic mass is 10.3. The van der Waals surface area contributed by atoms with Crippen LogP contribution in [0.3, 0.4) is 0 Å². The van der Waals surface area contributed by atoms with Gasteiger partial charge >= 0.3 is 0 Å². The Morgan fingerprint density at radius 3 is 2.50 bits per heavy atom. The minimum atomic E-state index is -0.581. The monoisotopic (exact) mass is 520 g/mol. The number of halogens is 2. The zero-order valence-electron chi connectivity index (χ0n) is 17.5. The third kappa shape index (κ3) is 6.56. The number of nitro benzene ring substituents is 1. The standard InChI is InChI=1S/C21H18Cl2N6O4S/c1-2-9-28-18(11-19(30)24-16-6-4-3-5-14(16)22)26-27-21(28)34-12-20(31)25-17-10-13(29(32)33)7-8-15(17)23/h2-8,10H,1,9,11-12H2,(H,24,30)(H,25,31). The predicted octanol–water partition coefficient (Wildman–Crippen LogP) is 4.59. The van der Waals surface area contributed by atoms with E-state index in [1.165, 1.54) is 18.2 Å². The van der Waals surface area contributed by atoms with E-state index in [-0.39, 0.29) is 34.5 Å². The SMILES string of the molecule is C=CCn1c(CC(=O)Nc2ccccc2Cl)nnc1SCC(=O)Nc1cc([N+](=O)[O-])ccc1Cl. The van der Waals surface area contributed by atoms with Crippen molar-refractivity contribution in [1.82, 2.24) is 14.8 Å². The smallest absolute Gasteiger partial charge is 0.271 e. The highest BCUT2D eigenvalue weighted by Crippen LogP contribution is 2.27. The lowest BCUT2D eigenvalue weighted by Crippen LogP contribution is -2.18. The summed E-state index contributed by atoms with van der Waals surface area (Å²) in [7, 11) is 0. The van der Waals surface area contributed by atoms with Crippen LogP contribution in [0.2, 0.25) is 10.0 Å². The number of allylic oxidation sites excluding steroid dienone is 1. The molecule has 0 bridgehead atoms. The Hall–Kier alpha value is -3.41. The van der Waals surface area contributed by atoms with Gasteiger partial charge in [-0.1, -0.05) is 53.2 Å². The summed E-state index contributed by atoms with van der Waals surface area (Å²) < 4.78 is 1.66. The van der Waals surface area contributed by atoms with Crippen molar-refractivity contribution in [2.24, 2.45) is 0 Å². The molecule has 1 aromatic heterocycles. The van der Waals surface area contributed by atoms with Crippen molar-refractivity contribution in [3.8, 4) is 0 Å². The number of benzene rings is 2. The van der Waals surface area contributed by atoms with Gasteiger partial charge in [-0.3, -0.25) is 19.7 Å². The molecule has 0 aliphatic rings. The van der Waals surface area contributed by atoms with Crippen molar-refractivity contribution in [3.05, 3.63) is 81.1 Å². The van der Waals surface area contributed by atoms with Crippen LogP contribution in [0.5, 0.6) is 0 Å². The number of nitrogens with one attached hydrogen (secondary N) is 2. The number of para-hydroxylation sites is 1. The van der Waals surface area contributed by atoms with E-state index in [0.717, 1.165) is 11.8 Å². The van der Waals surface area contributed by atoms with Crippen LogP contribution < -0.4 is 10.6 Å². The fourth-order valence-corrected chi connectivity index (χ4v) is 3.92. The van der Waals surface area contributed by atoms with Crippen LogP contribution in [0.25, 0.3) is 0 Å². The Balaban J connectivity index is 1.65. The van der Waals surface area contributed by atoms with Crippen LogP contribution in [-0.4, -0.2) is 37.3 Å². The zero-order chi connectivity index (χ0) is 24.7. The van der Waals surface area contributed by atoms with Crippen LogP contribution in [0.1, 0.15) is 5.82 Å². The molecule has 0 unspecified atom stereocenters. The Morgan fingerprint density at radius 1 is 1.09 bits per heavy atom. The number of thioether (sulfide) groups is 1. The van der Waals surface area contributed by atoms with Crippen LogP contribution in [0.4, 0.5) is 17.1 Å². The molecule has 3 aromatic rings. The van der Waals surface area contributed by atoms with Gasteiger partial charge in [0, 0.05) is 18.7 Å². The van der Waals surface area contributed by atoms with Gasteiger partial charge in [-0.25, -0.2) is 0 Å². The van der Waals surface area contributed by atoms with Crippen molar-refractivity contribution in [1.29, 1.82) is 0 Å². The average Bonchev–Trinajstić information content (AvgIpc) is 3.16. The van der Waals surface area contributed by atoms with E-state index in [1.54, 1.807) is 34.9 Å². The molecule has 34 heavy (non-hydrogen) atoms. The molecule has 0 saturated carbocycles. The molecule has 176 valence electrons. The average molecular weight is 521 g/mol. The Bertz CT molecular complexity index is 1250. The number of nitrogens with zero attached hydrogens (tertiary/aromatic N) is 4. The summed E-state index contributed by atoms with van der Waals surface area (Å²) in [4.78, 5) is 35.2. The van der Waals surface area contributed by atoms with Crippen molar-refractivity contribution in [3.63, 3.8) is 0 Å². The van der Waals surface area contributed by atoms with Gasteiger partial charge in [0.15, 0.2) is 5.16 Å². The topological polar surface area (TPSA) is 132 Å². The highest BCUT2D eigenvalue weighted by molar-refractivity contribution is 7.99. The number of non-ortho nitro benzene ring substituents is 1. The van der Waals surface area contributed by atoms with Gasteiger partial charge in [-0.05, 0) is 18.2 Å². The molecule has 0 aliphatic heterocycles. The molecule has 13 heteroatoms. The first kappa shape index (κ1) is 25.2. The number of rotatable bonds is 10. The molecule has 0 aliphatic carbocycles. The number of amides is 2. The summed E-state index contributed by atoms with van der Waals surface area (Å²) in [5, 5.41) is 25.3. The maximum absolute atomic E-state index is 12.5. The maximum atomic E-state index is 12.5. The third-order valence-corrected chi connectivity index (χ3v) is 5.96. The van der Waals surface area contributed by atoms with Crippen LogP contribution >= 0.6 is 35.0 Å². The highest BCUT2D eigenvalue weighted by atomic mass is 35.5. The molecule has 0 fully saturated rings. The molecule has 2 aromatic carbocycles. The molecular formula is C21H18Cl2N6O4S. The fraction of sp³-hybridized carbons (Fsp3) is 0.143. The number of hydrogen-bond donors (Lipinski definition) is 2. The number of nitro groups is 1. The summed E-state index contributed by atoms with van der Waals surface area (Å²) in [6.07, 6.45) is 1.55. The molecule has 0 spiro atoms. The minimum Gasteiger partial charge on any atom is -0.324 e. The van der Waals surface area contributed by atoms with Crippen molar-refractivity contribution < 1.29 is 14.5 Å². The number of hydrogen-bond acceptors (Lipinski definition) is 7.